The van der Waals surface area contributed by atoms with Gasteiger partial charge in [-0.2, -0.15) is 4.31 Å². The van der Waals surface area contributed by atoms with E-state index in [4.69, 9.17) is 9.47 Å². The van der Waals surface area contributed by atoms with Crippen molar-refractivity contribution >= 4 is 37.3 Å². The molecule has 3 rings (SSSR count). The summed E-state index contributed by atoms with van der Waals surface area (Å²) in [5.74, 6) is -1.20. The van der Waals surface area contributed by atoms with Crippen LogP contribution in [0.1, 0.15) is 13.8 Å². The molecule has 0 atom stereocenters. The second-order valence-corrected chi connectivity index (χ2v) is 11.9. The van der Waals surface area contributed by atoms with Gasteiger partial charge in [0.1, 0.15) is 12.4 Å². The molecule has 13 heteroatoms. The van der Waals surface area contributed by atoms with Crippen LogP contribution in [0.2, 0.25) is 0 Å². The van der Waals surface area contributed by atoms with Gasteiger partial charge >= 0.3 is 0 Å². The number of anilines is 2. The molecule has 210 valence electrons. The van der Waals surface area contributed by atoms with E-state index in [-0.39, 0.29) is 32.7 Å². The Kier molecular flexibility index (Phi) is 9.54. The van der Waals surface area contributed by atoms with E-state index in [1.807, 2.05) is 0 Å². The quantitative estimate of drug-likeness (QED) is 0.347. The van der Waals surface area contributed by atoms with Crippen LogP contribution in [-0.4, -0.2) is 60.9 Å². The van der Waals surface area contributed by atoms with Crippen molar-refractivity contribution in [2.75, 3.05) is 43.5 Å². The van der Waals surface area contributed by atoms with Gasteiger partial charge in [-0.3, -0.25) is 9.10 Å². The largest absolute Gasteiger partial charge is 0.493 e. The first-order valence-electron chi connectivity index (χ1n) is 11.9. The first kappa shape index (κ1) is 29.9. The van der Waals surface area contributed by atoms with E-state index in [0.29, 0.717) is 17.4 Å². The topological polar surface area (TPSA) is 122 Å². The van der Waals surface area contributed by atoms with Crippen molar-refractivity contribution in [2.45, 2.75) is 23.6 Å². The van der Waals surface area contributed by atoms with Gasteiger partial charge in [0, 0.05) is 24.8 Å². The number of sulfonamides is 2. The summed E-state index contributed by atoms with van der Waals surface area (Å²) in [6.07, 6.45) is 0. The lowest BCUT2D eigenvalue weighted by Gasteiger charge is -2.25. The highest BCUT2D eigenvalue weighted by Gasteiger charge is 2.30. The zero-order valence-electron chi connectivity index (χ0n) is 21.9. The fourth-order valence-electron chi connectivity index (χ4n) is 3.81. The molecule has 0 aliphatic heterocycles. The van der Waals surface area contributed by atoms with Crippen molar-refractivity contribution in [2.24, 2.45) is 0 Å². The lowest BCUT2D eigenvalue weighted by atomic mass is 10.3. The second kappa shape index (κ2) is 12.5. The highest BCUT2D eigenvalue weighted by Crippen LogP contribution is 2.33. The molecule has 39 heavy (non-hydrogen) atoms. The molecule has 0 saturated heterocycles. The van der Waals surface area contributed by atoms with Crippen molar-refractivity contribution in [1.82, 2.24) is 4.31 Å². The van der Waals surface area contributed by atoms with Gasteiger partial charge in [-0.05, 0) is 48.5 Å². The summed E-state index contributed by atoms with van der Waals surface area (Å²) in [6, 6.07) is 14.5. The van der Waals surface area contributed by atoms with Gasteiger partial charge < -0.3 is 14.8 Å². The molecule has 0 aliphatic rings. The molecule has 10 nitrogen and oxygen atoms in total. The number of benzene rings is 3. The molecular formula is C26H30FN3O7S2. The van der Waals surface area contributed by atoms with E-state index < -0.39 is 38.3 Å². The van der Waals surface area contributed by atoms with Gasteiger partial charge in [0.2, 0.25) is 15.9 Å². The maximum atomic E-state index is 14.8. The van der Waals surface area contributed by atoms with E-state index in [1.165, 1.54) is 79.2 Å². The van der Waals surface area contributed by atoms with Gasteiger partial charge in [0.15, 0.2) is 11.5 Å². The number of ether oxygens (including phenoxy) is 2. The third kappa shape index (κ3) is 6.49. The van der Waals surface area contributed by atoms with E-state index in [0.717, 1.165) is 6.07 Å². The molecule has 0 bridgehead atoms. The Morgan fingerprint density at radius 2 is 1.41 bits per heavy atom. The normalized spacial score (nSPS) is 11.7. The number of carbonyl (C=O) groups excluding carboxylic acids is 1. The molecule has 0 saturated carbocycles. The Balaban J connectivity index is 1.92. The lowest BCUT2D eigenvalue weighted by Crippen LogP contribution is -2.38. The number of para-hydroxylation sites is 1. The highest BCUT2D eigenvalue weighted by atomic mass is 32.2. The van der Waals surface area contributed by atoms with Crippen LogP contribution in [0.3, 0.4) is 0 Å². The number of methoxy groups -OCH3 is 2. The van der Waals surface area contributed by atoms with Crippen LogP contribution in [0, 0.1) is 5.82 Å². The fourth-order valence-corrected chi connectivity index (χ4v) is 6.71. The number of hydrogen-bond acceptors (Lipinski definition) is 7. The first-order valence-corrected chi connectivity index (χ1v) is 14.8. The van der Waals surface area contributed by atoms with Gasteiger partial charge in [-0.15, -0.1) is 0 Å². The monoisotopic (exact) mass is 579 g/mol. The Hall–Kier alpha value is -3.68. The average molecular weight is 580 g/mol. The zero-order chi connectivity index (χ0) is 28.8. The molecular weight excluding hydrogens is 549 g/mol. The van der Waals surface area contributed by atoms with Crippen LogP contribution in [-0.2, 0) is 24.8 Å². The Bertz CT molecular complexity index is 1530. The highest BCUT2D eigenvalue weighted by molar-refractivity contribution is 7.92. The Morgan fingerprint density at radius 3 is 1.97 bits per heavy atom. The maximum absolute atomic E-state index is 14.8. The van der Waals surface area contributed by atoms with Crippen molar-refractivity contribution in [3.8, 4) is 11.5 Å². The van der Waals surface area contributed by atoms with Crippen LogP contribution in [0.15, 0.2) is 76.5 Å². The Morgan fingerprint density at radius 1 is 0.821 bits per heavy atom. The number of halogens is 1. The summed E-state index contributed by atoms with van der Waals surface area (Å²) >= 11 is 0. The number of nitrogens with one attached hydrogen (secondary N) is 1. The van der Waals surface area contributed by atoms with Crippen LogP contribution < -0.4 is 19.1 Å². The lowest BCUT2D eigenvalue weighted by molar-refractivity contribution is -0.114. The molecule has 0 unspecified atom stereocenters. The second-order valence-electron chi connectivity index (χ2n) is 8.14. The molecule has 0 aromatic heterocycles. The van der Waals surface area contributed by atoms with Gasteiger partial charge in [0.05, 0.1) is 29.7 Å². The molecule has 1 N–H and O–H groups in total. The molecule has 0 fully saturated rings. The molecule has 1 amide bonds. The van der Waals surface area contributed by atoms with E-state index in [9.17, 15) is 26.0 Å². The van der Waals surface area contributed by atoms with Crippen LogP contribution in [0.4, 0.5) is 15.8 Å². The van der Waals surface area contributed by atoms with E-state index in [2.05, 4.69) is 5.32 Å². The number of nitrogens with zero attached hydrogens (tertiary/aromatic N) is 2. The summed E-state index contributed by atoms with van der Waals surface area (Å²) in [7, 11) is -5.41. The van der Waals surface area contributed by atoms with Crippen molar-refractivity contribution in [3.63, 3.8) is 0 Å². The minimum atomic E-state index is -4.45. The van der Waals surface area contributed by atoms with Gasteiger partial charge in [0.25, 0.3) is 10.0 Å². The van der Waals surface area contributed by atoms with E-state index in [1.54, 1.807) is 13.8 Å². The van der Waals surface area contributed by atoms with Crippen LogP contribution in [0.5, 0.6) is 11.5 Å². The summed E-state index contributed by atoms with van der Waals surface area (Å²) < 4.78 is 79.7. The molecule has 3 aromatic carbocycles. The average Bonchev–Trinajstić information content (AvgIpc) is 2.92. The SMILES string of the molecule is CCN(CC)S(=O)(=O)c1ccc(NC(=O)CN(c2ccccc2F)S(=O)(=O)c2ccc(OC)c(OC)c2)cc1. The van der Waals surface area contributed by atoms with Crippen molar-refractivity contribution < 1.29 is 35.5 Å². The summed E-state index contributed by atoms with van der Waals surface area (Å²) in [4.78, 5) is 12.8. The first-order chi connectivity index (χ1) is 18.5. The maximum Gasteiger partial charge on any atom is 0.265 e. The molecule has 3 aromatic rings. The van der Waals surface area contributed by atoms with Crippen molar-refractivity contribution in [1.29, 1.82) is 0 Å². The van der Waals surface area contributed by atoms with E-state index >= 15 is 0 Å². The predicted octanol–water partition coefficient (Wildman–Crippen LogP) is 3.71. The number of rotatable bonds is 12. The van der Waals surface area contributed by atoms with Gasteiger partial charge in [-0.1, -0.05) is 26.0 Å². The molecule has 0 heterocycles. The predicted molar refractivity (Wildman–Crippen MR) is 146 cm³/mol. The number of hydrogen-bond donors (Lipinski definition) is 1. The number of carbonyl (C=O) groups is 1. The minimum absolute atomic E-state index is 0.0493. The van der Waals surface area contributed by atoms with Crippen molar-refractivity contribution in [3.05, 3.63) is 72.5 Å². The molecule has 0 spiro atoms. The number of amides is 1. The molecule has 0 radical (unpaired) electrons. The third-order valence-electron chi connectivity index (χ3n) is 5.83. The third-order valence-corrected chi connectivity index (χ3v) is 9.65. The zero-order valence-corrected chi connectivity index (χ0v) is 23.6. The fraction of sp³-hybridized carbons (Fsp3) is 0.269. The Labute approximate surface area is 228 Å². The summed E-state index contributed by atoms with van der Waals surface area (Å²) in [5.41, 5.74) is -0.0985. The molecule has 0 aliphatic carbocycles. The summed E-state index contributed by atoms with van der Waals surface area (Å²) in [6.45, 7) is 3.30. The minimum Gasteiger partial charge on any atom is -0.493 e. The standard InChI is InChI=1S/C26H30FN3O7S2/c1-5-29(6-2)38(32,33)20-13-11-19(12-14-20)28-26(31)18-30(23-10-8-7-9-22(23)27)39(34,35)21-15-16-24(36-3)25(17-21)37-4/h7-17H,5-6,18H2,1-4H3,(H,28,31). The van der Waals surface area contributed by atoms with Crippen LogP contribution in [0.25, 0.3) is 0 Å². The summed E-state index contributed by atoms with van der Waals surface area (Å²) in [5, 5.41) is 2.54. The van der Waals surface area contributed by atoms with Crippen LogP contribution >= 0.6 is 0 Å². The smallest absolute Gasteiger partial charge is 0.265 e. The van der Waals surface area contributed by atoms with Gasteiger partial charge in [-0.25, -0.2) is 21.2 Å².